The molecule has 1 heterocycles. The fourth-order valence-electron chi connectivity index (χ4n) is 3.15. The van der Waals surface area contributed by atoms with Crippen LogP contribution in [0.4, 0.5) is 17.1 Å². The normalized spacial score (nSPS) is 13.9. The van der Waals surface area contributed by atoms with Crippen LogP contribution in [0.25, 0.3) is 0 Å². The summed E-state index contributed by atoms with van der Waals surface area (Å²) >= 11 is 0. The lowest BCUT2D eigenvalue weighted by Gasteiger charge is -2.23. The van der Waals surface area contributed by atoms with E-state index in [2.05, 4.69) is 15.5 Å². The van der Waals surface area contributed by atoms with Gasteiger partial charge in [-0.3, -0.25) is 9.59 Å². The van der Waals surface area contributed by atoms with E-state index in [0.717, 1.165) is 18.8 Å². The number of para-hydroxylation sites is 2. The van der Waals surface area contributed by atoms with E-state index in [1.165, 1.54) is 20.0 Å². The third-order valence-corrected chi connectivity index (χ3v) is 5.09. The number of hydrogen-bond donors (Lipinski definition) is 2. The van der Waals surface area contributed by atoms with Crippen LogP contribution in [0.1, 0.15) is 26.7 Å². The van der Waals surface area contributed by atoms with Crippen molar-refractivity contribution in [3.05, 3.63) is 48.5 Å². The molecule has 0 bridgehead atoms. The van der Waals surface area contributed by atoms with Gasteiger partial charge in [0.1, 0.15) is 11.2 Å². The molecule has 2 aromatic rings. The summed E-state index contributed by atoms with van der Waals surface area (Å²) in [4.78, 5) is 27.8. The van der Waals surface area contributed by atoms with Gasteiger partial charge in [0.2, 0.25) is 11.8 Å². The van der Waals surface area contributed by atoms with E-state index in [1.807, 2.05) is 30.3 Å². The van der Waals surface area contributed by atoms with Gasteiger partial charge in [0.05, 0.1) is 12.8 Å². The first-order chi connectivity index (χ1) is 13.4. The first-order valence-corrected chi connectivity index (χ1v) is 9.53. The van der Waals surface area contributed by atoms with Crippen LogP contribution in [0.5, 0.6) is 5.75 Å². The van der Waals surface area contributed by atoms with Gasteiger partial charge in [-0.2, -0.15) is 0 Å². The van der Waals surface area contributed by atoms with Gasteiger partial charge in [0.15, 0.2) is 0 Å². The van der Waals surface area contributed by atoms with E-state index in [1.54, 1.807) is 32.0 Å². The van der Waals surface area contributed by atoms with Crippen molar-refractivity contribution in [2.75, 3.05) is 35.7 Å². The molecule has 0 aliphatic carbocycles. The smallest absolute Gasteiger partial charge is 0.239 e. The number of rotatable bonds is 6. The van der Waals surface area contributed by atoms with Crippen LogP contribution in [-0.2, 0) is 9.59 Å². The predicted octanol–water partition coefficient (Wildman–Crippen LogP) is 3.90. The predicted molar refractivity (Wildman–Crippen MR) is 112 cm³/mol. The second-order valence-electron chi connectivity index (χ2n) is 7.47. The van der Waals surface area contributed by atoms with Gasteiger partial charge in [-0.25, -0.2) is 0 Å². The van der Waals surface area contributed by atoms with Gasteiger partial charge in [0, 0.05) is 24.5 Å². The molecule has 0 spiro atoms. The minimum Gasteiger partial charge on any atom is -0.495 e. The molecule has 1 fully saturated rings. The average Bonchev–Trinajstić information content (AvgIpc) is 3.23. The van der Waals surface area contributed by atoms with Crippen molar-refractivity contribution < 1.29 is 14.3 Å². The van der Waals surface area contributed by atoms with Crippen LogP contribution in [0.3, 0.4) is 0 Å². The summed E-state index contributed by atoms with van der Waals surface area (Å²) in [7, 11) is 1.54. The Hall–Kier alpha value is -3.02. The van der Waals surface area contributed by atoms with Crippen LogP contribution < -0.4 is 20.3 Å². The van der Waals surface area contributed by atoms with Crippen molar-refractivity contribution in [3.63, 3.8) is 0 Å². The zero-order chi connectivity index (χ0) is 20.1. The average molecular weight is 381 g/mol. The number of carbonyl (C=O) groups excluding carboxylic acids is 2. The second-order valence-corrected chi connectivity index (χ2v) is 7.47. The van der Waals surface area contributed by atoms with Crippen molar-refractivity contribution >= 4 is 28.9 Å². The fourth-order valence-corrected chi connectivity index (χ4v) is 3.15. The summed E-state index contributed by atoms with van der Waals surface area (Å²) < 4.78 is 5.25. The van der Waals surface area contributed by atoms with Crippen molar-refractivity contribution in [2.45, 2.75) is 26.7 Å². The highest BCUT2D eigenvalue weighted by Crippen LogP contribution is 2.28. The minimum atomic E-state index is -1.26. The lowest BCUT2D eigenvalue weighted by atomic mass is 9.90. The molecular formula is C22H27N3O3. The summed E-state index contributed by atoms with van der Waals surface area (Å²) in [5.74, 6) is -0.221. The van der Waals surface area contributed by atoms with E-state index >= 15 is 0 Å². The molecule has 6 heteroatoms. The number of nitrogens with one attached hydrogen (secondary N) is 2. The Labute approximate surface area is 165 Å². The molecule has 1 aliphatic rings. The Morgan fingerprint density at radius 2 is 1.54 bits per heavy atom. The van der Waals surface area contributed by atoms with Gasteiger partial charge in [-0.05, 0) is 63.1 Å². The number of carbonyl (C=O) groups is 2. The van der Waals surface area contributed by atoms with E-state index in [-0.39, 0.29) is 5.91 Å². The molecular weight excluding hydrogens is 354 g/mol. The summed E-state index contributed by atoms with van der Waals surface area (Å²) in [5, 5.41) is 5.63. The molecule has 0 saturated carbocycles. The number of hydrogen-bond acceptors (Lipinski definition) is 4. The number of benzene rings is 2. The summed E-state index contributed by atoms with van der Waals surface area (Å²) in [6, 6.07) is 14.9. The molecule has 1 saturated heterocycles. The molecule has 0 radical (unpaired) electrons. The van der Waals surface area contributed by atoms with Crippen molar-refractivity contribution in [3.8, 4) is 5.75 Å². The number of methoxy groups -OCH3 is 1. The zero-order valence-corrected chi connectivity index (χ0v) is 16.6. The lowest BCUT2D eigenvalue weighted by molar-refractivity contribution is -0.135. The molecule has 2 N–H and O–H groups in total. The number of ether oxygens (including phenoxy) is 1. The summed E-state index contributed by atoms with van der Waals surface area (Å²) in [6.45, 7) is 5.35. The molecule has 28 heavy (non-hydrogen) atoms. The molecule has 3 rings (SSSR count). The molecule has 148 valence electrons. The lowest BCUT2D eigenvalue weighted by Crippen LogP contribution is -2.41. The third kappa shape index (κ3) is 4.27. The standard InChI is InChI=1S/C22H27N3O3/c1-22(2,21(27)24-18-8-4-5-9-19(18)28-3)20(26)23-16-10-12-17(13-11-16)25-14-6-7-15-25/h4-5,8-13H,6-7,14-15H2,1-3H3,(H,23,26)(H,24,27). The topological polar surface area (TPSA) is 70.7 Å². The van der Waals surface area contributed by atoms with E-state index in [0.29, 0.717) is 17.1 Å². The van der Waals surface area contributed by atoms with Crippen molar-refractivity contribution in [1.82, 2.24) is 0 Å². The maximum atomic E-state index is 12.7. The Bertz CT molecular complexity index is 840. The van der Waals surface area contributed by atoms with E-state index in [9.17, 15) is 9.59 Å². The largest absolute Gasteiger partial charge is 0.495 e. The quantitative estimate of drug-likeness (QED) is 0.745. The van der Waals surface area contributed by atoms with Gasteiger partial charge in [-0.1, -0.05) is 12.1 Å². The molecule has 0 unspecified atom stereocenters. The van der Waals surface area contributed by atoms with E-state index < -0.39 is 11.3 Å². The van der Waals surface area contributed by atoms with Gasteiger partial charge in [0.25, 0.3) is 0 Å². The van der Waals surface area contributed by atoms with Crippen molar-refractivity contribution in [2.24, 2.45) is 5.41 Å². The molecule has 0 atom stereocenters. The van der Waals surface area contributed by atoms with Crippen LogP contribution in [0, 0.1) is 5.41 Å². The van der Waals surface area contributed by atoms with Crippen LogP contribution in [0.15, 0.2) is 48.5 Å². The highest BCUT2D eigenvalue weighted by Gasteiger charge is 2.36. The molecule has 2 amide bonds. The molecule has 2 aromatic carbocycles. The molecule has 1 aliphatic heterocycles. The van der Waals surface area contributed by atoms with Gasteiger partial charge in [-0.15, -0.1) is 0 Å². The maximum Gasteiger partial charge on any atom is 0.239 e. The third-order valence-electron chi connectivity index (χ3n) is 5.09. The van der Waals surface area contributed by atoms with Gasteiger partial charge < -0.3 is 20.3 Å². The minimum absolute atomic E-state index is 0.367. The molecule has 6 nitrogen and oxygen atoms in total. The van der Waals surface area contributed by atoms with Crippen molar-refractivity contribution in [1.29, 1.82) is 0 Å². The second kappa shape index (κ2) is 8.33. The highest BCUT2D eigenvalue weighted by molar-refractivity contribution is 6.14. The Morgan fingerprint density at radius 3 is 2.18 bits per heavy atom. The Morgan fingerprint density at radius 1 is 0.929 bits per heavy atom. The summed E-state index contributed by atoms with van der Waals surface area (Å²) in [5.41, 5.74) is 1.11. The number of anilines is 3. The molecule has 0 aromatic heterocycles. The first-order valence-electron chi connectivity index (χ1n) is 9.53. The summed E-state index contributed by atoms with van der Waals surface area (Å²) in [6.07, 6.45) is 2.43. The monoisotopic (exact) mass is 381 g/mol. The van der Waals surface area contributed by atoms with Crippen LogP contribution in [-0.4, -0.2) is 32.0 Å². The Kier molecular flexibility index (Phi) is 5.87. The number of nitrogens with zero attached hydrogens (tertiary/aromatic N) is 1. The van der Waals surface area contributed by atoms with Crippen LogP contribution in [0.2, 0.25) is 0 Å². The van der Waals surface area contributed by atoms with Gasteiger partial charge >= 0.3 is 0 Å². The maximum absolute atomic E-state index is 12.7. The zero-order valence-electron chi connectivity index (χ0n) is 16.6. The highest BCUT2D eigenvalue weighted by atomic mass is 16.5. The fraction of sp³-hybridized carbons (Fsp3) is 0.364. The first kappa shape index (κ1) is 19.7. The Balaban J connectivity index is 1.65. The van der Waals surface area contributed by atoms with E-state index in [4.69, 9.17) is 4.74 Å². The van der Waals surface area contributed by atoms with Crippen LogP contribution >= 0.6 is 0 Å². The SMILES string of the molecule is COc1ccccc1NC(=O)C(C)(C)C(=O)Nc1ccc(N2CCCC2)cc1. The number of amides is 2.